The van der Waals surface area contributed by atoms with E-state index < -0.39 is 17.4 Å². The van der Waals surface area contributed by atoms with Crippen LogP contribution >= 0.6 is 11.3 Å². The van der Waals surface area contributed by atoms with Crippen LogP contribution < -0.4 is 5.43 Å². The first-order valence-electron chi connectivity index (χ1n) is 10.2. The third kappa shape index (κ3) is 5.27. The minimum Gasteiger partial charge on any atom is -0.506 e. The van der Waals surface area contributed by atoms with Crippen LogP contribution in [-0.4, -0.2) is 26.8 Å². The molecule has 9 heteroatoms. The van der Waals surface area contributed by atoms with E-state index in [0.29, 0.717) is 16.2 Å². The van der Waals surface area contributed by atoms with E-state index in [-0.39, 0.29) is 28.0 Å². The van der Waals surface area contributed by atoms with Gasteiger partial charge in [0, 0.05) is 17.0 Å². The fourth-order valence-corrected chi connectivity index (χ4v) is 4.21. The Morgan fingerprint density at radius 1 is 1.18 bits per heavy atom. The maximum Gasteiger partial charge on any atom is 0.275 e. The van der Waals surface area contributed by atoms with Crippen LogP contribution in [0.25, 0.3) is 10.4 Å². The van der Waals surface area contributed by atoms with Crippen LogP contribution in [0.3, 0.4) is 0 Å². The number of carbonyl (C=O) groups is 1. The summed E-state index contributed by atoms with van der Waals surface area (Å²) in [5, 5.41) is 36.9. The van der Waals surface area contributed by atoms with Crippen molar-refractivity contribution in [1.29, 1.82) is 0 Å². The van der Waals surface area contributed by atoms with Gasteiger partial charge in [0.1, 0.15) is 5.75 Å². The van der Waals surface area contributed by atoms with Crippen molar-refractivity contribution in [2.45, 2.75) is 39.7 Å². The summed E-state index contributed by atoms with van der Waals surface area (Å²) in [6.07, 6.45) is 0. The van der Waals surface area contributed by atoms with Crippen molar-refractivity contribution in [3.63, 3.8) is 0 Å². The van der Waals surface area contributed by atoms with Crippen molar-refractivity contribution >= 4 is 28.6 Å². The molecule has 0 aliphatic heterocycles. The van der Waals surface area contributed by atoms with E-state index in [9.17, 15) is 25.1 Å². The molecular formula is C24H25N3O5S. The summed E-state index contributed by atoms with van der Waals surface area (Å²) in [7, 11) is 0. The number of thiophene rings is 1. The second kappa shape index (κ2) is 9.51. The number of amides is 1. The molecule has 2 aromatic carbocycles. The van der Waals surface area contributed by atoms with Crippen molar-refractivity contribution in [1.82, 2.24) is 5.43 Å². The van der Waals surface area contributed by atoms with Gasteiger partial charge >= 0.3 is 0 Å². The number of nitrogens with zero attached hydrogens (tertiary/aromatic N) is 2. The Hall–Kier alpha value is -3.56. The third-order valence-corrected chi connectivity index (χ3v) is 6.23. The highest BCUT2D eigenvalue weighted by Crippen LogP contribution is 2.39. The van der Waals surface area contributed by atoms with Gasteiger partial charge < -0.3 is 10.2 Å². The standard InChI is InChI=1S/C24H25N3O5S/c1-14(25-26-23(30)16-5-6-17(12-28)20(11-16)27(31)32)19-13-33-22(21(19)29)15-7-9-18(10-8-15)24(2,3)4/h5-11,13,28-29H,12H2,1-4H3,(H,26,30). The summed E-state index contributed by atoms with van der Waals surface area (Å²) >= 11 is 1.37. The molecule has 0 radical (unpaired) electrons. The predicted octanol–water partition coefficient (Wildman–Crippen LogP) is 4.97. The number of aliphatic hydroxyl groups is 1. The smallest absolute Gasteiger partial charge is 0.275 e. The average Bonchev–Trinajstić information content (AvgIpc) is 3.17. The summed E-state index contributed by atoms with van der Waals surface area (Å²) in [5.74, 6) is -0.573. The second-order valence-electron chi connectivity index (χ2n) is 8.55. The first-order chi connectivity index (χ1) is 15.5. The van der Waals surface area contributed by atoms with E-state index in [1.807, 2.05) is 24.3 Å². The number of aliphatic hydroxyl groups excluding tert-OH is 1. The van der Waals surface area contributed by atoms with E-state index in [1.165, 1.54) is 29.0 Å². The van der Waals surface area contributed by atoms with Crippen LogP contribution in [0.4, 0.5) is 5.69 Å². The third-order valence-electron chi connectivity index (χ3n) is 5.21. The van der Waals surface area contributed by atoms with Crippen LogP contribution in [0.1, 0.15) is 54.7 Å². The quantitative estimate of drug-likeness (QED) is 0.268. The number of hydrazone groups is 1. The zero-order valence-electron chi connectivity index (χ0n) is 18.7. The molecule has 0 unspecified atom stereocenters. The predicted molar refractivity (Wildman–Crippen MR) is 129 cm³/mol. The molecule has 3 rings (SSSR count). The van der Waals surface area contributed by atoms with Crippen LogP contribution in [0, 0.1) is 10.1 Å². The molecule has 1 heterocycles. The number of aromatic hydroxyl groups is 1. The number of nitro groups is 1. The molecule has 0 fully saturated rings. The second-order valence-corrected chi connectivity index (χ2v) is 9.43. The normalized spacial score (nSPS) is 12.0. The Bertz CT molecular complexity index is 1220. The zero-order valence-corrected chi connectivity index (χ0v) is 19.6. The number of rotatable bonds is 6. The lowest BCUT2D eigenvalue weighted by atomic mass is 9.86. The molecule has 172 valence electrons. The summed E-state index contributed by atoms with van der Waals surface area (Å²) < 4.78 is 0. The lowest BCUT2D eigenvalue weighted by Gasteiger charge is -2.19. The van der Waals surface area contributed by atoms with Crippen LogP contribution in [0.5, 0.6) is 5.75 Å². The minimum absolute atomic E-state index is 0.0292. The Balaban J connectivity index is 1.79. The van der Waals surface area contributed by atoms with E-state index in [2.05, 4.69) is 31.3 Å². The van der Waals surface area contributed by atoms with E-state index in [4.69, 9.17) is 0 Å². The number of hydrogen-bond acceptors (Lipinski definition) is 7. The molecule has 0 bridgehead atoms. The molecule has 0 aliphatic rings. The van der Waals surface area contributed by atoms with Gasteiger partial charge in [-0.25, -0.2) is 5.43 Å². The molecule has 0 saturated carbocycles. The first-order valence-corrected chi connectivity index (χ1v) is 11.1. The first kappa shape index (κ1) is 24.1. The van der Waals surface area contributed by atoms with Crippen molar-refractivity contribution in [2.75, 3.05) is 0 Å². The molecule has 0 aliphatic carbocycles. The Labute approximate surface area is 195 Å². The van der Waals surface area contributed by atoms with E-state index in [1.54, 1.807) is 12.3 Å². The van der Waals surface area contributed by atoms with Gasteiger partial charge in [-0.3, -0.25) is 14.9 Å². The number of nitro benzene ring substituents is 1. The molecule has 0 atom stereocenters. The Morgan fingerprint density at radius 2 is 1.85 bits per heavy atom. The molecule has 0 saturated heterocycles. The summed E-state index contributed by atoms with van der Waals surface area (Å²) in [6.45, 7) is 7.54. The Morgan fingerprint density at radius 3 is 2.42 bits per heavy atom. The van der Waals surface area contributed by atoms with Gasteiger partial charge in [-0.1, -0.05) is 45.0 Å². The van der Waals surface area contributed by atoms with Crippen molar-refractivity contribution in [3.8, 4) is 16.2 Å². The van der Waals surface area contributed by atoms with Gasteiger partial charge in [0.2, 0.25) is 0 Å². The van der Waals surface area contributed by atoms with Crippen molar-refractivity contribution < 1.29 is 19.9 Å². The Kier molecular flexibility index (Phi) is 6.95. The molecule has 0 spiro atoms. The molecule has 3 N–H and O–H groups in total. The van der Waals surface area contributed by atoms with Crippen LogP contribution in [0.2, 0.25) is 0 Å². The highest BCUT2D eigenvalue weighted by atomic mass is 32.1. The number of hydrogen-bond donors (Lipinski definition) is 3. The van der Waals surface area contributed by atoms with Crippen LogP contribution in [-0.2, 0) is 12.0 Å². The molecule has 8 nitrogen and oxygen atoms in total. The molecule has 33 heavy (non-hydrogen) atoms. The topological polar surface area (TPSA) is 125 Å². The van der Waals surface area contributed by atoms with Crippen LogP contribution in [0.15, 0.2) is 52.9 Å². The summed E-state index contributed by atoms with van der Waals surface area (Å²) in [5.41, 5.74) is 5.13. The maximum absolute atomic E-state index is 12.4. The van der Waals surface area contributed by atoms with Gasteiger partial charge in [0.05, 0.1) is 33.2 Å². The summed E-state index contributed by atoms with van der Waals surface area (Å²) in [4.78, 5) is 23.6. The molecule has 1 amide bonds. The van der Waals surface area contributed by atoms with Gasteiger partial charge in [0.15, 0.2) is 0 Å². The number of carbonyl (C=O) groups excluding carboxylic acids is 1. The maximum atomic E-state index is 12.4. The van der Waals surface area contributed by atoms with Gasteiger partial charge in [-0.15, -0.1) is 11.3 Å². The largest absolute Gasteiger partial charge is 0.506 e. The monoisotopic (exact) mass is 467 g/mol. The number of benzene rings is 2. The highest BCUT2D eigenvalue weighted by molar-refractivity contribution is 7.14. The lowest BCUT2D eigenvalue weighted by molar-refractivity contribution is -0.385. The summed E-state index contributed by atoms with van der Waals surface area (Å²) in [6, 6.07) is 11.8. The van der Waals surface area contributed by atoms with Gasteiger partial charge in [-0.2, -0.15) is 5.10 Å². The van der Waals surface area contributed by atoms with E-state index >= 15 is 0 Å². The zero-order chi connectivity index (χ0) is 24.3. The molecule has 3 aromatic rings. The molecule has 1 aromatic heterocycles. The van der Waals surface area contributed by atoms with E-state index in [0.717, 1.165) is 11.6 Å². The minimum atomic E-state index is -0.657. The SMILES string of the molecule is CC(=NNC(=O)c1ccc(CO)c([N+](=O)[O-])c1)c1csc(-c2ccc(C(C)(C)C)cc2)c1O. The fourth-order valence-electron chi connectivity index (χ4n) is 3.20. The lowest BCUT2D eigenvalue weighted by Crippen LogP contribution is -2.19. The molecular weight excluding hydrogens is 442 g/mol. The number of nitrogens with one attached hydrogen (secondary N) is 1. The average molecular weight is 468 g/mol. The van der Waals surface area contributed by atoms with Crippen molar-refractivity contribution in [3.05, 3.63) is 80.2 Å². The fraction of sp³-hybridized carbons (Fsp3) is 0.250. The highest BCUT2D eigenvalue weighted by Gasteiger charge is 2.19. The van der Waals surface area contributed by atoms with Gasteiger partial charge in [0.25, 0.3) is 11.6 Å². The van der Waals surface area contributed by atoms with Gasteiger partial charge in [-0.05, 0) is 35.6 Å². The van der Waals surface area contributed by atoms with Crippen molar-refractivity contribution in [2.24, 2.45) is 5.10 Å².